The molecule has 3 heterocycles. The molecule has 34 heavy (non-hydrogen) atoms. The third-order valence-corrected chi connectivity index (χ3v) is 8.89. The minimum atomic E-state index is -0.726. The van der Waals surface area contributed by atoms with E-state index >= 15 is 0 Å². The Balaban J connectivity index is 1.28. The zero-order valence-electron chi connectivity index (χ0n) is 19.2. The fourth-order valence-corrected chi connectivity index (χ4v) is 6.82. The van der Waals surface area contributed by atoms with Crippen molar-refractivity contribution in [2.75, 3.05) is 31.1 Å². The number of nitrogens with zero attached hydrogens (tertiary/aromatic N) is 2. The van der Waals surface area contributed by atoms with Crippen molar-refractivity contribution in [2.24, 2.45) is 0 Å². The molecule has 1 saturated heterocycles. The van der Waals surface area contributed by atoms with Gasteiger partial charge in [0.2, 0.25) is 0 Å². The van der Waals surface area contributed by atoms with Gasteiger partial charge in [0.25, 0.3) is 0 Å². The van der Waals surface area contributed by atoms with Gasteiger partial charge < -0.3 is 0 Å². The molecule has 0 bridgehead atoms. The summed E-state index contributed by atoms with van der Waals surface area (Å²) >= 11 is -0.175. The van der Waals surface area contributed by atoms with E-state index in [1.54, 1.807) is 0 Å². The maximum absolute atomic E-state index is 13.0. The number of ether oxygens (including phenoxy) is 1. The predicted molar refractivity (Wildman–Crippen MR) is 129 cm³/mol. The van der Waals surface area contributed by atoms with Crippen LogP contribution >= 0.6 is 0 Å². The summed E-state index contributed by atoms with van der Waals surface area (Å²) in [4.78, 5) is 15.4. The van der Waals surface area contributed by atoms with Gasteiger partial charge >= 0.3 is 212 Å². The first kappa shape index (κ1) is 22.9. The fraction of sp³-hybridized carbons (Fsp3) is 0.286. The molecule has 3 aliphatic rings. The molecule has 2 aromatic rings. The van der Waals surface area contributed by atoms with Crippen molar-refractivity contribution in [3.05, 3.63) is 96.2 Å². The molecule has 0 saturated carbocycles. The SMILES string of the molecule is C[C@@]1(C#N)COCc2ccc(C(=O)NCC3=C[I-]C=C4CCN(c5ccccc5)CC4=C3)cc21. The van der Waals surface area contributed by atoms with Gasteiger partial charge in [-0.15, -0.1) is 0 Å². The van der Waals surface area contributed by atoms with Crippen LogP contribution in [0.25, 0.3) is 0 Å². The van der Waals surface area contributed by atoms with E-state index in [1.807, 2.05) is 25.1 Å². The van der Waals surface area contributed by atoms with E-state index in [4.69, 9.17) is 4.74 Å². The second kappa shape index (κ2) is 9.77. The van der Waals surface area contributed by atoms with Crippen LogP contribution in [0.1, 0.15) is 34.8 Å². The number of halogens is 1. The number of para-hydroxylation sites is 1. The van der Waals surface area contributed by atoms with Gasteiger partial charge in [-0.1, -0.05) is 0 Å². The number of benzene rings is 2. The summed E-state index contributed by atoms with van der Waals surface area (Å²) in [5, 5.41) is 12.8. The van der Waals surface area contributed by atoms with Gasteiger partial charge in [-0.2, -0.15) is 0 Å². The van der Waals surface area contributed by atoms with Crippen LogP contribution in [0.15, 0.2) is 79.5 Å². The van der Waals surface area contributed by atoms with Gasteiger partial charge in [0, 0.05) is 0 Å². The quantitative estimate of drug-likeness (QED) is 0.572. The summed E-state index contributed by atoms with van der Waals surface area (Å²) < 4.78 is 10.3. The Kier molecular flexibility index (Phi) is 6.57. The third kappa shape index (κ3) is 4.68. The van der Waals surface area contributed by atoms with Crippen LogP contribution in [0.3, 0.4) is 0 Å². The molecule has 1 N–H and O–H groups in total. The monoisotopic (exact) mass is 564 g/mol. The number of rotatable bonds is 4. The van der Waals surface area contributed by atoms with Crippen molar-refractivity contribution in [1.29, 1.82) is 5.26 Å². The number of hydrogen-bond donors (Lipinski definition) is 1. The van der Waals surface area contributed by atoms with Gasteiger partial charge in [-0.25, -0.2) is 0 Å². The summed E-state index contributed by atoms with van der Waals surface area (Å²) in [5.41, 5.74) is 6.98. The van der Waals surface area contributed by atoms with E-state index in [1.165, 1.54) is 22.4 Å². The molecule has 1 fully saturated rings. The van der Waals surface area contributed by atoms with E-state index in [0.717, 1.165) is 30.6 Å². The average Bonchev–Trinajstić information content (AvgIpc) is 3.09. The van der Waals surface area contributed by atoms with Crippen molar-refractivity contribution in [3.8, 4) is 6.07 Å². The molecule has 5 rings (SSSR count). The predicted octanol–water partition coefficient (Wildman–Crippen LogP) is 1.43. The normalized spacial score (nSPS) is 21.9. The molecular formula is C28H27IN3O2-. The van der Waals surface area contributed by atoms with Crippen LogP contribution in [0.2, 0.25) is 0 Å². The zero-order chi connectivity index (χ0) is 23.5. The van der Waals surface area contributed by atoms with Gasteiger partial charge in [0.05, 0.1) is 0 Å². The Labute approximate surface area is 211 Å². The molecule has 1 atom stereocenters. The zero-order valence-corrected chi connectivity index (χ0v) is 21.3. The topological polar surface area (TPSA) is 65.4 Å². The summed E-state index contributed by atoms with van der Waals surface area (Å²) in [6.45, 7) is 5.13. The van der Waals surface area contributed by atoms with Crippen LogP contribution in [-0.2, 0) is 16.8 Å². The number of piperidine rings is 1. The number of fused-ring (bicyclic) bond motifs is 2. The Hall–Kier alpha value is -2.89. The van der Waals surface area contributed by atoms with Gasteiger partial charge in [0.1, 0.15) is 0 Å². The first-order valence-electron chi connectivity index (χ1n) is 11.5. The summed E-state index contributed by atoms with van der Waals surface area (Å²) in [6, 6.07) is 18.5. The van der Waals surface area contributed by atoms with Crippen LogP contribution in [0.5, 0.6) is 0 Å². The van der Waals surface area contributed by atoms with Crippen molar-refractivity contribution < 1.29 is 30.7 Å². The molecule has 1 amide bonds. The molecule has 0 spiro atoms. The molecule has 0 radical (unpaired) electrons. The number of nitriles is 1. The van der Waals surface area contributed by atoms with Crippen LogP contribution in [-0.4, -0.2) is 32.1 Å². The van der Waals surface area contributed by atoms with Crippen LogP contribution in [0.4, 0.5) is 5.69 Å². The summed E-state index contributed by atoms with van der Waals surface area (Å²) in [6.07, 6.45) is 3.33. The maximum atomic E-state index is 13.0. The molecule has 0 aliphatic carbocycles. The van der Waals surface area contributed by atoms with E-state index in [9.17, 15) is 10.1 Å². The molecule has 6 heteroatoms. The summed E-state index contributed by atoms with van der Waals surface area (Å²) in [5.74, 6) is -0.112. The molecule has 5 nitrogen and oxygen atoms in total. The average molecular weight is 564 g/mol. The molecule has 0 unspecified atom stereocenters. The molecule has 0 aromatic heterocycles. The number of carbonyl (C=O) groups is 1. The fourth-order valence-electron chi connectivity index (χ4n) is 4.63. The molecule has 174 valence electrons. The van der Waals surface area contributed by atoms with E-state index in [0.29, 0.717) is 25.3 Å². The second-order valence-corrected chi connectivity index (χ2v) is 11.1. The standard InChI is InChI=1S/C28H27IN3O2/c1-28(18-30)19-34-17-23-8-7-21(12-26(23)28)27(33)31-15-20-11-24-16-32(25-5-3-2-4-6-25)10-9-22(24)14-29-13-20/h2-8,11-14H,9-10,15-17,19H2,1H3,(H,31,33)/q-1/t28-/m1/s1. The third-order valence-electron chi connectivity index (χ3n) is 6.62. The Morgan fingerprint density at radius 3 is 2.88 bits per heavy atom. The number of nitrogens with one attached hydrogen (secondary N) is 1. The first-order valence-corrected chi connectivity index (χ1v) is 14.0. The van der Waals surface area contributed by atoms with Gasteiger partial charge in [-0.05, 0) is 0 Å². The Bertz CT molecular complexity index is 1240. The van der Waals surface area contributed by atoms with Crippen LogP contribution < -0.4 is 31.4 Å². The molecular weight excluding hydrogens is 537 g/mol. The van der Waals surface area contributed by atoms with Crippen LogP contribution in [0, 0.1) is 11.3 Å². The van der Waals surface area contributed by atoms with E-state index in [-0.39, 0.29) is 27.1 Å². The Morgan fingerprint density at radius 1 is 1.21 bits per heavy atom. The number of carbonyl (C=O) groups excluding carboxylic acids is 1. The van der Waals surface area contributed by atoms with Gasteiger partial charge in [-0.3, -0.25) is 0 Å². The van der Waals surface area contributed by atoms with Crippen molar-refractivity contribution in [1.82, 2.24) is 5.32 Å². The number of anilines is 1. The van der Waals surface area contributed by atoms with E-state index in [2.05, 4.69) is 60.9 Å². The van der Waals surface area contributed by atoms with Gasteiger partial charge in [0.15, 0.2) is 0 Å². The minimum absolute atomic E-state index is 0.112. The number of amides is 1. The van der Waals surface area contributed by atoms with Crippen molar-refractivity contribution in [3.63, 3.8) is 0 Å². The molecule has 2 aromatic carbocycles. The Morgan fingerprint density at radius 2 is 2.06 bits per heavy atom. The number of hydrogen-bond acceptors (Lipinski definition) is 4. The van der Waals surface area contributed by atoms with E-state index < -0.39 is 5.41 Å². The van der Waals surface area contributed by atoms with Crippen molar-refractivity contribution in [2.45, 2.75) is 25.4 Å². The summed E-state index contributed by atoms with van der Waals surface area (Å²) in [7, 11) is 0. The first-order chi connectivity index (χ1) is 16.6. The van der Waals surface area contributed by atoms with Crippen molar-refractivity contribution >= 4 is 11.6 Å². The second-order valence-electron chi connectivity index (χ2n) is 9.11. The molecule has 3 aliphatic heterocycles.